The maximum atomic E-state index is 12.0. The van der Waals surface area contributed by atoms with Gasteiger partial charge in [0.2, 0.25) is 5.91 Å². The van der Waals surface area contributed by atoms with E-state index in [1.807, 2.05) is 42.5 Å². The number of rotatable bonds is 5. The number of benzene rings is 2. The first-order valence-electron chi connectivity index (χ1n) is 8.53. The largest absolute Gasteiger partial charge is 0.493 e. The summed E-state index contributed by atoms with van der Waals surface area (Å²) < 4.78 is 11.4. The molecule has 7 heteroatoms. The van der Waals surface area contributed by atoms with Gasteiger partial charge in [-0.1, -0.05) is 35.9 Å². The summed E-state index contributed by atoms with van der Waals surface area (Å²) in [6, 6.07) is 13.3. The van der Waals surface area contributed by atoms with Crippen molar-refractivity contribution < 1.29 is 14.3 Å². The van der Waals surface area contributed by atoms with Crippen LogP contribution >= 0.6 is 11.6 Å². The van der Waals surface area contributed by atoms with Gasteiger partial charge in [0.05, 0.1) is 13.3 Å². The molecule has 0 fully saturated rings. The molecule has 3 aromatic rings. The van der Waals surface area contributed by atoms with E-state index in [0.29, 0.717) is 35.4 Å². The summed E-state index contributed by atoms with van der Waals surface area (Å²) in [7, 11) is 1.60. The van der Waals surface area contributed by atoms with Gasteiger partial charge in [-0.15, -0.1) is 0 Å². The number of halogens is 1. The number of H-pyrrole nitrogens is 1. The fourth-order valence-corrected chi connectivity index (χ4v) is 3.43. The van der Waals surface area contributed by atoms with E-state index in [1.54, 1.807) is 13.3 Å². The number of amides is 1. The Balaban J connectivity index is 1.64. The van der Waals surface area contributed by atoms with Gasteiger partial charge in [0.1, 0.15) is 12.4 Å². The monoisotopic (exact) mass is 383 g/mol. The standard InChI is InChI=1S/C20H18ClN3O3/c1-26-17-7-6-12(14-9-19(25)23-20-15(14)10-22-24-20)8-18(17)27-11-13-4-2-3-5-16(13)21/h2-8,10,14H,9,11H2,1H3,(H2,22,23,24,25)/t14-/m1/s1. The number of carbonyl (C=O) groups is 1. The zero-order valence-corrected chi connectivity index (χ0v) is 15.4. The van der Waals surface area contributed by atoms with Crippen LogP contribution < -0.4 is 14.8 Å². The lowest BCUT2D eigenvalue weighted by atomic mass is 9.87. The predicted octanol–water partition coefficient (Wildman–Crippen LogP) is 4.12. The van der Waals surface area contributed by atoms with E-state index in [9.17, 15) is 4.79 Å². The van der Waals surface area contributed by atoms with Crippen molar-refractivity contribution in [2.24, 2.45) is 0 Å². The molecule has 4 rings (SSSR count). The molecular formula is C20H18ClN3O3. The number of aromatic amines is 1. The number of anilines is 1. The average molecular weight is 384 g/mol. The quantitative estimate of drug-likeness (QED) is 0.694. The van der Waals surface area contributed by atoms with E-state index in [0.717, 1.165) is 16.7 Å². The van der Waals surface area contributed by atoms with Gasteiger partial charge in [-0.25, -0.2) is 0 Å². The molecule has 0 aliphatic carbocycles. The normalized spacial score (nSPS) is 15.8. The van der Waals surface area contributed by atoms with Crippen molar-refractivity contribution >= 4 is 23.3 Å². The average Bonchev–Trinajstić information content (AvgIpc) is 3.15. The van der Waals surface area contributed by atoms with Crippen molar-refractivity contribution in [2.75, 3.05) is 12.4 Å². The molecule has 0 radical (unpaired) electrons. The Hall–Kier alpha value is -2.99. The van der Waals surface area contributed by atoms with Crippen LogP contribution in [0.15, 0.2) is 48.7 Å². The Morgan fingerprint density at radius 3 is 2.89 bits per heavy atom. The second kappa shape index (κ2) is 7.32. The highest BCUT2D eigenvalue weighted by atomic mass is 35.5. The zero-order chi connectivity index (χ0) is 18.8. The lowest BCUT2D eigenvalue weighted by Gasteiger charge is -2.23. The van der Waals surface area contributed by atoms with Gasteiger partial charge in [-0.05, 0) is 23.8 Å². The molecule has 2 aromatic carbocycles. The lowest BCUT2D eigenvalue weighted by molar-refractivity contribution is -0.116. The highest BCUT2D eigenvalue weighted by Crippen LogP contribution is 2.39. The van der Waals surface area contributed by atoms with Crippen LogP contribution in [0.25, 0.3) is 0 Å². The van der Waals surface area contributed by atoms with E-state index in [1.165, 1.54) is 0 Å². The van der Waals surface area contributed by atoms with Gasteiger partial charge in [0.25, 0.3) is 0 Å². The first kappa shape index (κ1) is 17.4. The molecule has 1 aliphatic rings. The van der Waals surface area contributed by atoms with Crippen molar-refractivity contribution in [1.29, 1.82) is 0 Å². The molecule has 0 saturated heterocycles. The molecule has 0 bridgehead atoms. The molecule has 0 unspecified atom stereocenters. The van der Waals surface area contributed by atoms with Crippen LogP contribution in [0.3, 0.4) is 0 Å². The first-order valence-corrected chi connectivity index (χ1v) is 8.90. The number of nitrogens with one attached hydrogen (secondary N) is 2. The van der Waals surface area contributed by atoms with Crippen LogP contribution in [0.5, 0.6) is 11.5 Å². The highest BCUT2D eigenvalue weighted by molar-refractivity contribution is 6.31. The van der Waals surface area contributed by atoms with Gasteiger partial charge < -0.3 is 14.8 Å². The van der Waals surface area contributed by atoms with Crippen molar-refractivity contribution in [3.63, 3.8) is 0 Å². The van der Waals surface area contributed by atoms with Gasteiger partial charge >= 0.3 is 0 Å². The number of aromatic nitrogens is 2. The first-order chi connectivity index (χ1) is 13.2. The van der Waals surface area contributed by atoms with Crippen LogP contribution in [-0.4, -0.2) is 23.2 Å². The van der Waals surface area contributed by atoms with Gasteiger partial charge in [-0.3, -0.25) is 9.89 Å². The molecule has 1 aliphatic heterocycles. The van der Waals surface area contributed by atoms with Crippen molar-refractivity contribution in [1.82, 2.24) is 10.2 Å². The molecule has 1 atom stereocenters. The Kier molecular flexibility index (Phi) is 4.73. The molecular weight excluding hydrogens is 366 g/mol. The van der Waals surface area contributed by atoms with Crippen LogP contribution in [0, 0.1) is 0 Å². The number of ether oxygens (including phenoxy) is 2. The van der Waals surface area contributed by atoms with Gasteiger partial charge in [0.15, 0.2) is 11.5 Å². The van der Waals surface area contributed by atoms with Gasteiger partial charge in [-0.2, -0.15) is 5.10 Å². The number of hydrogen-bond donors (Lipinski definition) is 2. The third-order valence-electron chi connectivity index (χ3n) is 4.63. The molecule has 27 heavy (non-hydrogen) atoms. The number of fused-ring (bicyclic) bond motifs is 1. The van der Waals surface area contributed by atoms with Crippen molar-refractivity contribution in [3.05, 3.63) is 70.4 Å². The second-order valence-electron chi connectivity index (χ2n) is 6.30. The number of nitrogens with zero attached hydrogens (tertiary/aromatic N) is 1. The molecule has 2 N–H and O–H groups in total. The maximum absolute atomic E-state index is 12.0. The lowest BCUT2D eigenvalue weighted by Crippen LogP contribution is -2.23. The van der Waals surface area contributed by atoms with E-state index in [2.05, 4.69) is 15.5 Å². The molecule has 1 amide bonds. The Morgan fingerprint density at radius 1 is 1.22 bits per heavy atom. The molecule has 0 spiro atoms. The van der Waals surface area contributed by atoms with E-state index in [-0.39, 0.29) is 11.8 Å². The molecule has 0 saturated carbocycles. The smallest absolute Gasteiger partial charge is 0.226 e. The summed E-state index contributed by atoms with van der Waals surface area (Å²) in [5.41, 5.74) is 2.81. The summed E-state index contributed by atoms with van der Waals surface area (Å²) in [6.45, 7) is 0.321. The number of carbonyl (C=O) groups excluding carboxylic acids is 1. The minimum Gasteiger partial charge on any atom is -0.493 e. The third kappa shape index (κ3) is 3.48. The van der Waals surface area contributed by atoms with E-state index in [4.69, 9.17) is 21.1 Å². The number of hydrogen-bond acceptors (Lipinski definition) is 4. The fourth-order valence-electron chi connectivity index (χ4n) is 3.24. The van der Waals surface area contributed by atoms with Crippen LogP contribution in [0.4, 0.5) is 5.82 Å². The summed E-state index contributed by atoms with van der Waals surface area (Å²) in [6.07, 6.45) is 2.09. The topological polar surface area (TPSA) is 76.2 Å². The van der Waals surface area contributed by atoms with E-state index < -0.39 is 0 Å². The van der Waals surface area contributed by atoms with Gasteiger partial charge in [0, 0.05) is 28.5 Å². The predicted molar refractivity (Wildman–Crippen MR) is 102 cm³/mol. The van der Waals surface area contributed by atoms with Crippen LogP contribution in [0.1, 0.15) is 29.0 Å². The Labute approximate surface area is 161 Å². The van der Waals surface area contributed by atoms with E-state index >= 15 is 0 Å². The summed E-state index contributed by atoms with van der Waals surface area (Å²) in [4.78, 5) is 12.0. The van der Waals surface area contributed by atoms with Crippen LogP contribution in [-0.2, 0) is 11.4 Å². The summed E-state index contributed by atoms with van der Waals surface area (Å²) in [5.74, 6) is 1.72. The second-order valence-corrected chi connectivity index (χ2v) is 6.70. The summed E-state index contributed by atoms with van der Waals surface area (Å²) in [5, 5.41) is 10.3. The third-order valence-corrected chi connectivity index (χ3v) is 5.00. The number of methoxy groups -OCH3 is 1. The molecule has 1 aromatic heterocycles. The SMILES string of the molecule is COc1ccc([C@H]2CC(=O)Nc3[nH]ncc32)cc1OCc1ccccc1Cl. The highest BCUT2D eigenvalue weighted by Gasteiger charge is 2.28. The zero-order valence-electron chi connectivity index (χ0n) is 14.7. The minimum atomic E-state index is -0.0962. The Bertz CT molecular complexity index is 986. The summed E-state index contributed by atoms with van der Waals surface area (Å²) >= 11 is 6.21. The van der Waals surface area contributed by atoms with Crippen LogP contribution in [0.2, 0.25) is 5.02 Å². The molecule has 2 heterocycles. The maximum Gasteiger partial charge on any atom is 0.226 e. The minimum absolute atomic E-state index is 0.0499. The Morgan fingerprint density at radius 2 is 2.07 bits per heavy atom. The fraction of sp³-hybridized carbons (Fsp3) is 0.200. The molecule has 6 nitrogen and oxygen atoms in total. The van der Waals surface area contributed by atoms with Crippen molar-refractivity contribution in [3.8, 4) is 11.5 Å². The van der Waals surface area contributed by atoms with Crippen molar-refractivity contribution in [2.45, 2.75) is 18.9 Å². The molecule has 138 valence electrons.